The quantitative estimate of drug-likeness (QED) is 0.697. The topological polar surface area (TPSA) is 69.7 Å². The second-order valence-corrected chi connectivity index (χ2v) is 9.54. The van der Waals surface area contributed by atoms with Gasteiger partial charge in [-0.15, -0.1) is 0 Å². The summed E-state index contributed by atoms with van der Waals surface area (Å²) in [6.07, 6.45) is 1.65. The van der Waals surface area contributed by atoms with Crippen molar-refractivity contribution in [3.05, 3.63) is 60.2 Å². The van der Waals surface area contributed by atoms with Gasteiger partial charge in [0.05, 0.1) is 10.8 Å². The van der Waals surface area contributed by atoms with Gasteiger partial charge in [0.2, 0.25) is 15.9 Å². The molecule has 1 amide bonds. The van der Waals surface area contributed by atoms with E-state index in [0.717, 1.165) is 38.0 Å². The minimum Gasteiger partial charge on any atom is -0.326 e. The Morgan fingerprint density at radius 2 is 1.60 bits per heavy atom. The van der Waals surface area contributed by atoms with Crippen LogP contribution in [0.25, 0.3) is 0 Å². The number of likely N-dealkylation sites (N-methyl/N-ethyl adjacent to an activating group) is 1. The normalized spacial score (nSPS) is 16.9. The van der Waals surface area contributed by atoms with E-state index >= 15 is 0 Å². The van der Waals surface area contributed by atoms with Gasteiger partial charge in [-0.1, -0.05) is 50.6 Å². The molecule has 0 aliphatic carbocycles. The lowest BCUT2D eigenvalue weighted by atomic mass is 9.93. The Balaban J connectivity index is 1.68. The summed E-state index contributed by atoms with van der Waals surface area (Å²) < 4.78 is 27.4. The molecule has 7 heteroatoms. The maximum atomic E-state index is 12.9. The van der Waals surface area contributed by atoms with Crippen LogP contribution in [0.15, 0.2) is 59.5 Å². The molecular weight excluding hydrogens is 398 g/mol. The van der Waals surface area contributed by atoms with E-state index in [1.165, 1.54) is 0 Å². The highest BCUT2D eigenvalue weighted by molar-refractivity contribution is 7.89. The van der Waals surface area contributed by atoms with Crippen molar-refractivity contribution >= 4 is 21.6 Å². The fraction of sp³-hybridized carbons (Fsp3) is 0.435. The van der Waals surface area contributed by atoms with Gasteiger partial charge in [-0.05, 0) is 42.8 Å². The number of sulfonamides is 1. The van der Waals surface area contributed by atoms with Crippen LogP contribution in [0.5, 0.6) is 0 Å². The summed E-state index contributed by atoms with van der Waals surface area (Å²) in [6.45, 7) is 7.59. The molecular formula is C23H31N3O3S. The van der Waals surface area contributed by atoms with Crippen molar-refractivity contribution < 1.29 is 13.2 Å². The predicted octanol–water partition coefficient (Wildman–Crippen LogP) is 3.54. The van der Waals surface area contributed by atoms with Crippen molar-refractivity contribution in [3.8, 4) is 0 Å². The molecule has 162 valence electrons. The minimum absolute atomic E-state index is 0.0747. The molecule has 2 aromatic rings. The lowest BCUT2D eigenvalue weighted by Crippen LogP contribution is -2.48. The van der Waals surface area contributed by atoms with Crippen molar-refractivity contribution in [3.63, 3.8) is 0 Å². The van der Waals surface area contributed by atoms with Crippen molar-refractivity contribution in [1.82, 2.24) is 9.21 Å². The number of nitrogens with one attached hydrogen (secondary N) is 1. The van der Waals surface area contributed by atoms with E-state index in [-0.39, 0.29) is 16.7 Å². The Morgan fingerprint density at radius 1 is 0.967 bits per heavy atom. The molecule has 1 N–H and O–H groups in total. The van der Waals surface area contributed by atoms with E-state index in [0.29, 0.717) is 18.8 Å². The molecule has 3 rings (SSSR count). The molecule has 30 heavy (non-hydrogen) atoms. The molecule has 0 radical (unpaired) electrons. The Kier molecular flexibility index (Phi) is 7.64. The van der Waals surface area contributed by atoms with Crippen LogP contribution in [0, 0.1) is 0 Å². The first-order valence-corrected chi connectivity index (χ1v) is 12.1. The van der Waals surface area contributed by atoms with Gasteiger partial charge >= 0.3 is 0 Å². The van der Waals surface area contributed by atoms with Crippen LogP contribution in [-0.4, -0.2) is 56.3 Å². The average molecular weight is 430 g/mol. The number of carbonyl (C=O) groups excluding carboxylic acids is 1. The number of amides is 1. The number of hydrogen-bond acceptors (Lipinski definition) is 4. The number of hydrogen-bond donors (Lipinski definition) is 1. The molecule has 1 saturated heterocycles. The van der Waals surface area contributed by atoms with E-state index < -0.39 is 10.0 Å². The fourth-order valence-electron chi connectivity index (χ4n) is 3.80. The van der Waals surface area contributed by atoms with Gasteiger partial charge in [0.25, 0.3) is 0 Å². The third-order valence-corrected chi connectivity index (χ3v) is 7.55. The molecule has 2 aromatic carbocycles. The SMILES string of the molecule is CCCC(C(=O)Nc1ccc(S(=O)(=O)N2CCN(CC)CC2)cc1)c1ccccc1. The van der Waals surface area contributed by atoms with E-state index in [9.17, 15) is 13.2 Å². The van der Waals surface area contributed by atoms with Crippen LogP contribution in [-0.2, 0) is 14.8 Å². The zero-order valence-corrected chi connectivity index (χ0v) is 18.6. The van der Waals surface area contributed by atoms with Crippen LogP contribution in [0.1, 0.15) is 38.2 Å². The fourth-order valence-corrected chi connectivity index (χ4v) is 5.22. The summed E-state index contributed by atoms with van der Waals surface area (Å²) in [6, 6.07) is 16.2. The average Bonchev–Trinajstić information content (AvgIpc) is 2.78. The van der Waals surface area contributed by atoms with Crippen LogP contribution in [0.4, 0.5) is 5.69 Å². The summed E-state index contributed by atoms with van der Waals surface area (Å²) in [5.41, 5.74) is 1.59. The largest absolute Gasteiger partial charge is 0.326 e. The zero-order valence-electron chi connectivity index (χ0n) is 17.8. The van der Waals surface area contributed by atoms with Crippen molar-refractivity contribution in [1.29, 1.82) is 0 Å². The van der Waals surface area contributed by atoms with Crippen LogP contribution in [0.3, 0.4) is 0 Å². The number of anilines is 1. The van der Waals surface area contributed by atoms with E-state index in [1.54, 1.807) is 28.6 Å². The van der Waals surface area contributed by atoms with Gasteiger partial charge in [-0.3, -0.25) is 4.79 Å². The van der Waals surface area contributed by atoms with Gasteiger partial charge < -0.3 is 10.2 Å². The lowest BCUT2D eigenvalue weighted by Gasteiger charge is -2.33. The maximum absolute atomic E-state index is 12.9. The Morgan fingerprint density at radius 3 is 2.17 bits per heavy atom. The van der Waals surface area contributed by atoms with E-state index in [1.807, 2.05) is 30.3 Å². The molecule has 1 aliphatic rings. The Bertz CT molecular complexity index is 922. The summed E-state index contributed by atoms with van der Waals surface area (Å²) >= 11 is 0. The van der Waals surface area contributed by atoms with Crippen molar-refractivity contribution in [2.45, 2.75) is 37.5 Å². The zero-order chi connectivity index (χ0) is 21.6. The second-order valence-electron chi connectivity index (χ2n) is 7.60. The van der Waals surface area contributed by atoms with Gasteiger partial charge in [0.1, 0.15) is 0 Å². The first-order chi connectivity index (χ1) is 14.5. The number of rotatable bonds is 8. The van der Waals surface area contributed by atoms with Gasteiger partial charge in [-0.2, -0.15) is 4.31 Å². The van der Waals surface area contributed by atoms with Crippen molar-refractivity contribution in [2.75, 3.05) is 38.0 Å². The summed E-state index contributed by atoms with van der Waals surface area (Å²) in [5.74, 6) is -0.302. The number of nitrogens with zero attached hydrogens (tertiary/aromatic N) is 2. The van der Waals surface area contributed by atoms with Crippen LogP contribution < -0.4 is 5.32 Å². The molecule has 1 aliphatic heterocycles. The number of benzene rings is 2. The first kappa shape index (κ1) is 22.5. The first-order valence-electron chi connectivity index (χ1n) is 10.6. The molecule has 1 unspecified atom stereocenters. The molecule has 0 aromatic heterocycles. The smallest absolute Gasteiger partial charge is 0.243 e. The third-order valence-electron chi connectivity index (χ3n) is 5.63. The minimum atomic E-state index is -3.51. The maximum Gasteiger partial charge on any atom is 0.243 e. The van der Waals surface area contributed by atoms with Crippen molar-refractivity contribution in [2.24, 2.45) is 0 Å². The summed E-state index contributed by atoms with van der Waals surface area (Å²) in [5, 5.41) is 2.94. The highest BCUT2D eigenvalue weighted by Crippen LogP contribution is 2.24. The third kappa shape index (κ3) is 5.28. The molecule has 1 fully saturated rings. The van der Waals surface area contributed by atoms with Crippen LogP contribution in [0.2, 0.25) is 0 Å². The van der Waals surface area contributed by atoms with Gasteiger partial charge in [-0.25, -0.2) is 8.42 Å². The summed E-state index contributed by atoms with van der Waals surface area (Å²) in [4.78, 5) is 15.4. The Labute approximate surface area is 179 Å². The monoisotopic (exact) mass is 429 g/mol. The molecule has 1 heterocycles. The highest BCUT2D eigenvalue weighted by atomic mass is 32.2. The van der Waals surface area contributed by atoms with E-state index in [2.05, 4.69) is 24.1 Å². The molecule has 0 spiro atoms. The summed E-state index contributed by atoms with van der Waals surface area (Å²) in [7, 11) is -3.51. The van der Waals surface area contributed by atoms with Gasteiger partial charge in [0, 0.05) is 31.9 Å². The number of piperazine rings is 1. The Hall–Kier alpha value is -2.22. The predicted molar refractivity (Wildman–Crippen MR) is 120 cm³/mol. The van der Waals surface area contributed by atoms with E-state index in [4.69, 9.17) is 0 Å². The lowest BCUT2D eigenvalue weighted by molar-refractivity contribution is -0.117. The molecule has 0 saturated carbocycles. The molecule has 1 atom stereocenters. The van der Waals surface area contributed by atoms with Crippen LogP contribution >= 0.6 is 0 Å². The second kappa shape index (κ2) is 10.2. The van der Waals surface area contributed by atoms with Gasteiger partial charge in [0.15, 0.2) is 0 Å². The molecule has 6 nitrogen and oxygen atoms in total. The molecule has 0 bridgehead atoms. The number of carbonyl (C=O) groups is 1. The standard InChI is InChI=1S/C23H31N3O3S/c1-3-8-22(19-9-6-5-7-10-19)23(27)24-20-11-13-21(14-12-20)30(28,29)26-17-15-25(4-2)16-18-26/h5-7,9-14,22H,3-4,8,15-18H2,1-2H3,(H,24,27). The highest BCUT2D eigenvalue weighted by Gasteiger charge is 2.28.